The Morgan fingerprint density at radius 3 is 2.36 bits per heavy atom. The Morgan fingerprint density at radius 1 is 1.00 bits per heavy atom. The number of allylic oxidation sites excluding steroid dienone is 2. The van der Waals surface area contributed by atoms with Gasteiger partial charge < -0.3 is 20.0 Å². The minimum atomic E-state index is 0.113. The first-order chi connectivity index (χ1) is 15.9. The minimum absolute atomic E-state index is 0.113. The van der Waals surface area contributed by atoms with Crippen molar-refractivity contribution < 1.29 is 4.79 Å². The van der Waals surface area contributed by atoms with Gasteiger partial charge in [-0.1, -0.05) is 11.6 Å². The minimum Gasteiger partial charge on any atom is -0.380 e. The lowest BCUT2D eigenvalue weighted by Crippen LogP contribution is -2.51. The number of carbonyl (C=O) groups excluding carboxylic acids is 1. The first-order valence-corrected chi connectivity index (χ1v) is 12.1. The van der Waals surface area contributed by atoms with Crippen LogP contribution in [0.5, 0.6) is 0 Å². The molecule has 2 saturated heterocycles. The van der Waals surface area contributed by atoms with E-state index in [9.17, 15) is 4.79 Å². The molecule has 7 nitrogen and oxygen atoms in total. The molecule has 8 heteroatoms. The van der Waals surface area contributed by atoms with E-state index in [2.05, 4.69) is 44.1 Å². The van der Waals surface area contributed by atoms with Gasteiger partial charge in [0.25, 0.3) is 0 Å². The van der Waals surface area contributed by atoms with Crippen LogP contribution in [0.2, 0.25) is 5.02 Å². The van der Waals surface area contributed by atoms with Crippen molar-refractivity contribution >= 4 is 34.6 Å². The van der Waals surface area contributed by atoms with E-state index in [1.165, 1.54) is 12.8 Å². The van der Waals surface area contributed by atoms with Gasteiger partial charge in [-0.05, 0) is 62.4 Å². The van der Waals surface area contributed by atoms with Crippen LogP contribution in [0.25, 0.3) is 5.57 Å². The van der Waals surface area contributed by atoms with E-state index in [1.807, 2.05) is 31.1 Å². The number of piperazine rings is 1. The van der Waals surface area contributed by atoms with Crippen LogP contribution in [0, 0.1) is 6.92 Å². The van der Waals surface area contributed by atoms with Crippen LogP contribution >= 0.6 is 11.6 Å². The fourth-order valence-electron chi connectivity index (χ4n) is 4.52. The van der Waals surface area contributed by atoms with Crippen molar-refractivity contribution in [2.24, 2.45) is 0 Å². The van der Waals surface area contributed by atoms with Gasteiger partial charge in [-0.2, -0.15) is 0 Å². The van der Waals surface area contributed by atoms with Gasteiger partial charge in [0.1, 0.15) is 5.82 Å². The van der Waals surface area contributed by atoms with Gasteiger partial charge >= 0.3 is 0 Å². The van der Waals surface area contributed by atoms with Crippen LogP contribution in [0.3, 0.4) is 0 Å². The Hall–Kier alpha value is -2.80. The summed E-state index contributed by atoms with van der Waals surface area (Å²) in [5.41, 5.74) is 5.26. The summed E-state index contributed by atoms with van der Waals surface area (Å²) in [5.74, 6) is 1.16. The van der Waals surface area contributed by atoms with E-state index in [4.69, 9.17) is 11.6 Å². The lowest BCUT2D eigenvalue weighted by Gasteiger charge is -2.37. The molecule has 176 valence electrons. The molecule has 0 atom stereocenters. The van der Waals surface area contributed by atoms with Crippen LogP contribution < -0.4 is 15.1 Å². The number of nitrogens with zero attached hydrogens (tertiary/aromatic N) is 5. The zero-order valence-corrected chi connectivity index (χ0v) is 20.5. The SMILES string of the molecule is C/C(NCC(=O)N1CCN(c2c(C)cncc2Cl)CC1)=C(\C)c1ccc(N2CCCC2)nc1. The standard InChI is InChI=1S/C25H33ClN6O/c1-18-14-27-16-22(26)25(18)32-12-10-31(11-13-32)24(33)17-28-20(3)19(2)21-6-7-23(29-15-21)30-8-4-5-9-30/h6-7,14-16,28H,4-5,8-13,17H2,1-3H3/b20-19-. The van der Waals surface area contributed by atoms with Gasteiger partial charge in [0.15, 0.2) is 0 Å². The second kappa shape index (κ2) is 10.4. The highest BCUT2D eigenvalue weighted by Crippen LogP contribution is 2.29. The number of nitrogens with one attached hydrogen (secondary N) is 1. The molecule has 0 radical (unpaired) electrons. The van der Waals surface area contributed by atoms with Gasteiger partial charge in [-0.15, -0.1) is 0 Å². The maximum atomic E-state index is 12.8. The molecule has 2 fully saturated rings. The van der Waals surface area contributed by atoms with Crippen LogP contribution in [-0.4, -0.2) is 66.6 Å². The van der Waals surface area contributed by atoms with Crippen molar-refractivity contribution in [3.05, 3.63) is 52.6 Å². The molecule has 0 bridgehead atoms. The average molecular weight is 469 g/mol. The quantitative estimate of drug-likeness (QED) is 0.697. The Bertz CT molecular complexity index is 988. The molecule has 2 aliphatic heterocycles. The molecule has 0 aliphatic carbocycles. The fraction of sp³-hybridized carbons (Fsp3) is 0.480. The molecule has 0 unspecified atom stereocenters. The van der Waals surface area contributed by atoms with Crippen molar-refractivity contribution in [3.63, 3.8) is 0 Å². The number of halogens is 1. The second-order valence-electron chi connectivity index (χ2n) is 8.86. The summed E-state index contributed by atoms with van der Waals surface area (Å²) in [4.78, 5) is 28.1. The van der Waals surface area contributed by atoms with Crippen LogP contribution in [0.4, 0.5) is 11.5 Å². The maximum absolute atomic E-state index is 12.8. The van der Waals surface area contributed by atoms with E-state index >= 15 is 0 Å². The van der Waals surface area contributed by atoms with E-state index in [-0.39, 0.29) is 12.5 Å². The molecule has 2 aliphatic rings. The molecule has 1 N–H and O–H groups in total. The molecule has 2 aromatic heterocycles. The summed E-state index contributed by atoms with van der Waals surface area (Å²) in [6, 6.07) is 4.22. The van der Waals surface area contributed by atoms with Crippen molar-refractivity contribution in [1.29, 1.82) is 0 Å². The summed E-state index contributed by atoms with van der Waals surface area (Å²) < 4.78 is 0. The topological polar surface area (TPSA) is 64.6 Å². The van der Waals surface area contributed by atoms with Gasteiger partial charge in [-0.25, -0.2) is 4.98 Å². The number of pyridine rings is 2. The molecule has 0 aromatic carbocycles. The fourth-order valence-corrected chi connectivity index (χ4v) is 4.84. The van der Waals surface area contributed by atoms with Crippen LogP contribution in [0.1, 0.15) is 37.8 Å². The van der Waals surface area contributed by atoms with E-state index in [0.717, 1.165) is 60.1 Å². The highest BCUT2D eigenvalue weighted by atomic mass is 35.5. The van der Waals surface area contributed by atoms with Crippen molar-refractivity contribution in [2.75, 3.05) is 55.6 Å². The molecule has 4 heterocycles. The number of carbonyl (C=O) groups is 1. The number of aryl methyl sites for hydroxylation is 1. The largest absolute Gasteiger partial charge is 0.380 e. The first kappa shape index (κ1) is 23.4. The summed E-state index contributed by atoms with van der Waals surface area (Å²) in [7, 11) is 0. The highest BCUT2D eigenvalue weighted by molar-refractivity contribution is 6.33. The zero-order chi connectivity index (χ0) is 23.4. The normalized spacial score (nSPS) is 17.3. The van der Waals surface area contributed by atoms with Gasteiger partial charge in [0.05, 0.1) is 17.3 Å². The number of hydrogen-bond donors (Lipinski definition) is 1. The van der Waals surface area contributed by atoms with Gasteiger partial charge in [0, 0.05) is 63.6 Å². The molecule has 2 aromatic rings. The lowest BCUT2D eigenvalue weighted by atomic mass is 10.1. The first-order valence-electron chi connectivity index (χ1n) is 11.7. The highest BCUT2D eigenvalue weighted by Gasteiger charge is 2.23. The van der Waals surface area contributed by atoms with Gasteiger partial charge in [0.2, 0.25) is 5.91 Å². The predicted octanol–water partition coefficient (Wildman–Crippen LogP) is 3.73. The monoisotopic (exact) mass is 468 g/mol. The maximum Gasteiger partial charge on any atom is 0.241 e. The van der Waals surface area contributed by atoms with Crippen molar-refractivity contribution in [3.8, 4) is 0 Å². The predicted molar refractivity (Wildman–Crippen MR) is 135 cm³/mol. The number of anilines is 2. The van der Waals surface area contributed by atoms with E-state index in [1.54, 1.807) is 6.20 Å². The molecule has 0 spiro atoms. The Morgan fingerprint density at radius 2 is 1.73 bits per heavy atom. The molecular formula is C25H33ClN6O. The molecular weight excluding hydrogens is 436 g/mol. The molecule has 4 rings (SSSR count). The van der Waals surface area contributed by atoms with E-state index < -0.39 is 0 Å². The number of hydrogen-bond acceptors (Lipinski definition) is 6. The summed E-state index contributed by atoms with van der Waals surface area (Å²) in [6.07, 6.45) is 7.92. The summed E-state index contributed by atoms with van der Waals surface area (Å²) in [6.45, 7) is 11.5. The summed E-state index contributed by atoms with van der Waals surface area (Å²) >= 11 is 6.36. The van der Waals surface area contributed by atoms with E-state index in [0.29, 0.717) is 18.1 Å². The lowest BCUT2D eigenvalue weighted by molar-refractivity contribution is -0.130. The third-order valence-corrected chi connectivity index (χ3v) is 6.96. The zero-order valence-electron chi connectivity index (χ0n) is 19.8. The number of aromatic nitrogens is 2. The van der Waals surface area contributed by atoms with Gasteiger partial charge in [-0.3, -0.25) is 9.78 Å². The Balaban J connectivity index is 1.29. The summed E-state index contributed by atoms with van der Waals surface area (Å²) in [5, 5.41) is 3.98. The second-order valence-corrected chi connectivity index (χ2v) is 9.26. The smallest absolute Gasteiger partial charge is 0.241 e. The van der Waals surface area contributed by atoms with Crippen LogP contribution in [-0.2, 0) is 4.79 Å². The number of amides is 1. The molecule has 0 saturated carbocycles. The third kappa shape index (κ3) is 5.41. The average Bonchev–Trinajstić information content (AvgIpc) is 3.37. The Labute approximate surface area is 201 Å². The van der Waals surface area contributed by atoms with Crippen molar-refractivity contribution in [1.82, 2.24) is 20.2 Å². The third-order valence-electron chi connectivity index (χ3n) is 6.68. The van der Waals surface area contributed by atoms with Crippen molar-refractivity contribution in [2.45, 2.75) is 33.6 Å². The Kier molecular flexibility index (Phi) is 7.38. The molecule has 33 heavy (non-hydrogen) atoms. The van der Waals surface area contributed by atoms with Crippen LogP contribution in [0.15, 0.2) is 36.4 Å². The molecule has 1 amide bonds. The number of rotatable bonds is 6.